The number of hydrogen-bond acceptors (Lipinski definition) is 1. The fourth-order valence-electron chi connectivity index (χ4n) is 1.89. The maximum Gasteiger partial charge on any atom is 0.246 e. The number of carbonyl (C=O) groups is 1. The Labute approximate surface area is 80.4 Å². The zero-order valence-electron chi connectivity index (χ0n) is 8.60. The minimum Gasteiger partial charge on any atom is -0.350 e. The lowest BCUT2D eigenvalue weighted by Gasteiger charge is -2.12. The Morgan fingerprint density at radius 1 is 1.54 bits per heavy atom. The van der Waals surface area contributed by atoms with Crippen molar-refractivity contribution < 1.29 is 4.79 Å². The van der Waals surface area contributed by atoms with Crippen molar-refractivity contribution in [2.75, 3.05) is 0 Å². The molecule has 0 spiro atoms. The van der Waals surface area contributed by atoms with Gasteiger partial charge in [-0.05, 0) is 32.1 Å². The van der Waals surface area contributed by atoms with Crippen molar-refractivity contribution in [3.8, 4) is 0 Å². The zero-order valence-corrected chi connectivity index (χ0v) is 8.60. The molecule has 0 saturated heterocycles. The summed E-state index contributed by atoms with van der Waals surface area (Å²) in [5, 5.41) is 3.00. The van der Waals surface area contributed by atoms with E-state index in [1.807, 2.05) is 0 Å². The van der Waals surface area contributed by atoms with Gasteiger partial charge in [0.15, 0.2) is 0 Å². The first kappa shape index (κ1) is 10.3. The van der Waals surface area contributed by atoms with Gasteiger partial charge in [0.05, 0.1) is 0 Å². The molecule has 1 amide bonds. The second-order valence-corrected chi connectivity index (χ2v) is 4.04. The molecule has 1 saturated carbocycles. The van der Waals surface area contributed by atoms with E-state index in [2.05, 4.69) is 18.8 Å². The van der Waals surface area contributed by atoms with Gasteiger partial charge >= 0.3 is 0 Å². The van der Waals surface area contributed by atoms with Crippen molar-refractivity contribution in [1.82, 2.24) is 5.32 Å². The number of amides is 1. The first-order chi connectivity index (χ1) is 6.13. The maximum absolute atomic E-state index is 11.3. The monoisotopic (exact) mass is 181 g/mol. The van der Waals surface area contributed by atoms with Gasteiger partial charge in [-0.2, -0.15) is 0 Å². The number of rotatable bonds is 3. The zero-order chi connectivity index (χ0) is 9.84. The van der Waals surface area contributed by atoms with Crippen LogP contribution in [0.2, 0.25) is 0 Å². The van der Waals surface area contributed by atoms with E-state index in [9.17, 15) is 4.79 Å². The highest BCUT2D eigenvalue weighted by Crippen LogP contribution is 2.27. The van der Waals surface area contributed by atoms with Gasteiger partial charge in [0.25, 0.3) is 0 Å². The van der Waals surface area contributed by atoms with Crippen LogP contribution in [0.4, 0.5) is 0 Å². The largest absolute Gasteiger partial charge is 0.350 e. The van der Waals surface area contributed by atoms with Crippen LogP contribution in [0.3, 0.4) is 0 Å². The Balaban J connectivity index is 2.32. The summed E-state index contributed by atoms with van der Waals surface area (Å²) in [7, 11) is 0. The van der Waals surface area contributed by atoms with Crippen LogP contribution in [0.5, 0.6) is 0 Å². The van der Waals surface area contributed by atoms with E-state index in [0.717, 1.165) is 18.8 Å². The lowest BCUT2D eigenvalue weighted by Crippen LogP contribution is -2.33. The van der Waals surface area contributed by atoms with E-state index in [-0.39, 0.29) is 5.91 Å². The Kier molecular flexibility index (Phi) is 3.52. The third-order valence-corrected chi connectivity index (χ3v) is 2.84. The highest BCUT2D eigenvalue weighted by molar-refractivity contribution is 5.92. The molecule has 0 heterocycles. The van der Waals surface area contributed by atoms with Crippen LogP contribution in [0, 0.1) is 5.92 Å². The molecule has 1 N–H and O–H groups in total. The van der Waals surface area contributed by atoms with Crippen molar-refractivity contribution in [2.24, 2.45) is 5.92 Å². The average Bonchev–Trinajstić information content (AvgIpc) is 2.52. The molecule has 0 aromatic rings. The highest BCUT2D eigenvalue weighted by atomic mass is 16.1. The topological polar surface area (TPSA) is 29.1 Å². The molecule has 0 aromatic carbocycles. The van der Waals surface area contributed by atoms with E-state index >= 15 is 0 Å². The van der Waals surface area contributed by atoms with E-state index in [1.54, 1.807) is 6.92 Å². The van der Waals surface area contributed by atoms with Crippen molar-refractivity contribution in [3.05, 3.63) is 12.2 Å². The summed E-state index contributed by atoms with van der Waals surface area (Å²) in [6.07, 6.45) is 4.78. The van der Waals surface area contributed by atoms with Gasteiger partial charge in [0.2, 0.25) is 5.91 Å². The summed E-state index contributed by atoms with van der Waals surface area (Å²) >= 11 is 0. The lowest BCUT2D eigenvalue weighted by molar-refractivity contribution is -0.118. The van der Waals surface area contributed by atoms with Crippen LogP contribution in [0.1, 0.15) is 39.5 Å². The smallest absolute Gasteiger partial charge is 0.246 e. The van der Waals surface area contributed by atoms with Crippen LogP contribution >= 0.6 is 0 Å². The third-order valence-electron chi connectivity index (χ3n) is 2.84. The molecule has 1 rings (SSSR count). The second kappa shape index (κ2) is 4.45. The molecule has 2 unspecified atom stereocenters. The molecule has 2 heteroatoms. The second-order valence-electron chi connectivity index (χ2n) is 4.04. The Hall–Kier alpha value is -0.790. The average molecular weight is 181 g/mol. The quantitative estimate of drug-likeness (QED) is 0.665. The van der Waals surface area contributed by atoms with Crippen LogP contribution < -0.4 is 5.32 Å². The molecule has 2 atom stereocenters. The van der Waals surface area contributed by atoms with Gasteiger partial charge in [-0.3, -0.25) is 4.79 Å². The van der Waals surface area contributed by atoms with E-state index in [1.165, 1.54) is 12.8 Å². The summed E-state index contributed by atoms with van der Waals surface area (Å²) in [5.74, 6) is 0.831. The standard InChI is InChI=1S/C11H19NO/c1-4-9-5-6-10(7-9)12-11(13)8(2)3/h9-10H,2,4-7H2,1,3H3,(H,12,13). The molecule has 74 valence electrons. The predicted octanol–water partition coefficient (Wildman–Crippen LogP) is 2.26. The van der Waals surface area contributed by atoms with Crippen molar-refractivity contribution in [1.29, 1.82) is 0 Å². The molecule has 13 heavy (non-hydrogen) atoms. The molecule has 0 bridgehead atoms. The van der Waals surface area contributed by atoms with Gasteiger partial charge in [-0.1, -0.05) is 19.9 Å². The predicted molar refractivity (Wildman–Crippen MR) is 54.4 cm³/mol. The lowest BCUT2D eigenvalue weighted by atomic mass is 10.1. The molecule has 0 aliphatic heterocycles. The van der Waals surface area contributed by atoms with Crippen molar-refractivity contribution >= 4 is 5.91 Å². The number of nitrogens with one attached hydrogen (secondary N) is 1. The Morgan fingerprint density at radius 2 is 2.23 bits per heavy atom. The minimum absolute atomic E-state index is 0.0155. The number of carbonyl (C=O) groups excluding carboxylic acids is 1. The van der Waals surface area contributed by atoms with Gasteiger partial charge in [-0.15, -0.1) is 0 Å². The summed E-state index contributed by atoms with van der Waals surface area (Å²) in [5.41, 5.74) is 0.611. The first-order valence-electron chi connectivity index (χ1n) is 5.09. The molecule has 0 aromatic heterocycles. The third kappa shape index (κ3) is 2.87. The maximum atomic E-state index is 11.3. The van der Waals surface area contributed by atoms with Crippen LogP contribution in [-0.4, -0.2) is 11.9 Å². The summed E-state index contributed by atoms with van der Waals surface area (Å²) in [6.45, 7) is 7.59. The fraction of sp³-hybridized carbons (Fsp3) is 0.727. The molecule has 1 aliphatic carbocycles. The normalized spacial score (nSPS) is 27.2. The summed E-state index contributed by atoms with van der Waals surface area (Å²) in [6, 6.07) is 0.397. The van der Waals surface area contributed by atoms with Gasteiger partial charge in [0.1, 0.15) is 0 Å². The molecule has 1 aliphatic rings. The molecule has 1 fully saturated rings. The van der Waals surface area contributed by atoms with Gasteiger partial charge < -0.3 is 5.32 Å². The van der Waals surface area contributed by atoms with E-state index in [4.69, 9.17) is 0 Å². The van der Waals surface area contributed by atoms with Crippen molar-refractivity contribution in [3.63, 3.8) is 0 Å². The fourth-order valence-corrected chi connectivity index (χ4v) is 1.89. The highest BCUT2D eigenvalue weighted by Gasteiger charge is 2.24. The van der Waals surface area contributed by atoms with Crippen molar-refractivity contribution in [2.45, 2.75) is 45.6 Å². The first-order valence-corrected chi connectivity index (χ1v) is 5.09. The minimum atomic E-state index is 0.0155. The molecule has 2 nitrogen and oxygen atoms in total. The molecular weight excluding hydrogens is 162 g/mol. The van der Waals surface area contributed by atoms with E-state index < -0.39 is 0 Å². The van der Waals surface area contributed by atoms with Gasteiger partial charge in [-0.25, -0.2) is 0 Å². The summed E-state index contributed by atoms with van der Waals surface area (Å²) in [4.78, 5) is 11.3. The van der Waals surface area contributed by atoms with Crippen LogP contribution in [0.25, 0.3) is 0 Å². The van der Waals surface area contributed by atoms with Crippen LogP contribution in [0.15, 0.2) is 12.2 Å². The van der Waals surface area contributed by atoms with E-state index in [0.29, 0.717) is 11.6 Å². The Morgan fingerprint density at radius 3 is 2.69 bits per heavy atom. The Bertz CT molecular complexity index is 210. The van der Waals surface area contributed by atoms with Gasteiger partial charge in [0, 0.05) is 11.6 Å². The van der Waals surface area contributed by atoms with Crippen LogP contribution in [-0.2, 0) is 4.79 Å². The number of hydrogen-bond donors (Lipinski definition) is 1. The SMILES string of the molecule is C=C(C)C(=O)NC1CCC(CC)C1. The molecule has 0 radical (unpaired) electrons. The summed E-state index contributed by atoms with van der Waals surface area (Å²) < 4.78 is 0. The molecular formula is C11H19NO.